The molecule has 134 valence electrons. The van der Waals surface area contributed by atoms with E-state index in [2.05, 4.69) is 29.8 Å². The molecule has 2 aromatic rings. The van der Waals surface area contributed by atoms with Gasteiger partial charge < -0.3 is 4.90 Å². The molecule has 1 aromatic carbocycles. The number of amides is 1. The van der Waals surface area contributed by atoms with E-state index in [4.69, 9.17) is 11.6 Å². The summed E-state index contributed by atoms with van der Waals surface area (Å²) in [5.74, 6) is 0.210. The molecule has 0 N–H and O–H groups in total. The molecule has 5 heteroatoms. The summed E-state index contributed by atoms with van der Waals surface area (Å²) in [6, 6.07) is 8.52. The van der Waals surface area contributed by atoms with Crippen molar-refractivity contribution in [2.24, 2.45) is 0 Å². The molecule has 0 radical (unpaired) electrons. The maximum absolute atomic E-state index is 12.8. The van der Waals surface area contributed by atoms with Gasteiger partial charge in [-0.1, -0.05) is 36.6 Å². The van der Waals surface area contributed by atoms with Gasteiger partial charge in [0.15, 0.2) is 0 Å². The van der Waals surface area contributed by atoms with Crippen molar-refractivity contribution in [1.29, 1.82) is 0 Å². The Morgan fingerprint density at radius 1 is 1.36 bits per heavy atom. The van der Waals surface area contributed by atoms with Gasteiger partial charge in [-0.3, -0.25) is 4.79 Å². The van der Waals surface area contributed by atoms with Crippen molar-refractivity contribution in [3.05, 3.63) is 50.9 Å². The van der Waals surface area contributed by atoms with Gasteiger partial charge >= 0.3 is 0 Å². The number of carbonyl (C=O) groups is 1. The summed E-state index contributed by atoms with van der Waals surface area (Å²) in [6.07, 6.45) is 5.92. The van der Waals surface area contributed by atoms with E-state index in [0.717, 1.165) is 40.6 Å². The molecule has 0 atom stereocenters. The normalized spacial score (nSPS) is 15.0. The second-order valence-corrected chi connectivity index (χ2v) is 8.43. The Morgan fingerprint density at radius 3 is 2.80 bits per heavy atom. The van der Waals surface area contributed by atoms with Gasteiger partial charge in [-0.15, -0.1) is 11.3 Å². The van der Waals surface area contributed by atoms with Gasteiger partial charge in [0.1, 0.15) is 0 Å². The van der Waals surface area contributed by atoms with Crippen molar-refractivity contribution in [1.82, 2.24) is 9.88 Å². The van der Waals surface area contributed by atoms with E-state index in [-0.39, 0.29) is 11.9 Å². The van der Waals surface area contributed by atoms with Crippen LogP contribution in [0, 0.1) is 0 Å². The monoisotopic (exact) mass is 376 g/mol. The number of nitrogens with zero attached hydrogens (tertiary/aromatic N) is 2. The van der Waals surface area contributed by atoms with Crippen molar-refractivity contribution in [3.63, 3.8) is 0 Å². The predicted octanol–water partition coefficient (Wildman–Crippen LogP) is 5.11. The first-order valence-electron chi connectivity index (χ1n) is 9.02. The molecule has 0 aliphatic heterocycles. The van der Waals surface area contributed by atoms with Crippen molar-refractivity contribution < 1.29 is 4.79 Å². The fourth-order valence-electron chi connectivity index (χ4n) is 3.67. The molecule has 1 heterocycles. The maximum Gasteiger partial charge on any atom is 0.229 e. The second-order valence-electron chi connectivity index (χ2n) is 7.05. The van der Waals surface area contributed by atoms with Crippen LogP contribution in [-0.2, 0) is 17.6 Å². The van der Waals surface area contributed by atoms with Crippen LogP contribution in [0.2, 0.25) is 5.02 Å². The van der Waals surface area contributed by atoms with Gasteiger partial charge in [0.2, 0.25) is 5.91 Å². The van der Waals surface area contributed by atoms with E-state index >= 15 is 0 Å². The standard InChI is InChI=1S/C20H25ClN2OS/c1-14(2)23(18-8-3-4-9-18)20(24)12-17-13-25-19(22-17)11-15-6-5-7-16(21)10-15/h5-7,10,13-14,18H,3-4,8-9,11-12H2,1-2H3. The van der Waals surface area contributed by atoms with Crippen LogP contribution in [0.25, 0.3) is 0 Å². The highest BCUT2D eigenvalue weighted by Crippen LogP contribution is 2.26. The number of aromatic nitrogens is 1. The van der Waals surface area contributed by atoms with Gasteiger partial charge in [-0.25, -0.2) is 4.98 Å². The van der Waals surface area contributed by atoms with E-state index in [9.17, 15) is 4.79 Å². The smallest absolute Gasteiger partial charge is 0.229 e. The SMILES string of the molecule is CC(C)N(C(=O)Cc1csc(Cc2cccc(Cl)c2)n1)C1CCCC1. The molecule has 0 saturated heterocycles. The minimum absolute atomic E-state index is 0.210. The van der Waals surface area contributed by atoms with E-state index < -0.39 is 0 Å². The third kappa shape index (κ3) is 4.83. The lowest BCUT2D eigenvalue weighted by Crippen LogP contribution is -2.44. The van der Waals surface area contributed by atoms with Crippen LogP contribution in [-0.4, -0.2) is 27.9 Å². The zero-order valence-electron chi connectivity index (χ0n) is 14.9. The van der Waals surface area contributed by atoms with Gasteiger partial charge in [0, 0.05) is 28.9 Å². The molecule has 1 amide bonds. The first-order valence-corrected chi connectivity index (χ1v) is 10.3. The largest absolute Gasteiger partial charge is 0.337 e. The molecule has 1 fully saturated rings. The van der Waals surface area contributed by atoms with E-state index in [0.29, 0.717) is 12.5 Å². The Balaban J connectivity index is 1.64. The molecule has 1 saturated carbocycles. The average molecular weight is 377 g/mol. The summed E-state index contributed by atoms with van der Waals surface area (Å²) in [7, 11) is 0. The molecule has 3 nitrogen and oxygen atoms in total. The Morgan fingerprint density at radius 2 is 2.12 bits per heavy atom. The summed E-state index contributed by atoms with van der Waals surface area (Å²) in [4.78, 5) is 19.6. The van der Waals surface area contributed by atoms with Gasteiger partial charge in [-0.05, 0) is 44.4 Å². The van der Waals surface area contributed by atoms with Crippen LogP contribution in [0.1, 0.15) is 55.8 Å². The summed E-state index contributed by atoms with van der Waals surface area (Å²) < 4.78 is 0. The highest BCUT2D eigenvalue weighted by molar-refractivity contribution is 7.09. The Hall–Kier alpha value is -1.39. The van der Waals surface area contributed by atoms with E-state index in [1.54, 1.807) is 11.3 Å². The Bertz CT molecular complexity index is 722. The van der Waals surface area contributed by atoms with Crippen molar-refractivity contribution in [3.8, 4) is 0 Å². The molecule has 3 rings (SSSR count). The molecule has 25 heavy (non-hydrogen) atoms. The first kappa shape index (κ1) is 18.4. The van der Waals surface area contributed by atoms with Crippen LogP contribution in [0.3, 0.4) is 0 Å². The van der Waals surface area contributed by atoms with E-state index in [1.807, 2.05) is 23.6 Å². The lowest BCUT2D eigenvalue weighted by Gasteiger charge is -2.32. The average Bonchev–Trinajstić information content (AvgIpc) is 3.20. The second kappa shape index (κ2) is 8.33. The number of hydrogen-bond acceptors (Lipinski definition) is 3. The number of benzene rings is 1. The Kier molecular flexibility index (Phi) is 6.13. The molecule has 0 unspecified atom stereocenters. The molecule has 1 aromatic heterocycles. The fourth-order valence-corrected chi connectivity index (χ4v) is 4.72. The number of carbonyl (C=O) groups excluding carboxylic acids is 1. The third-order valence-corrected chi connectivity index (χ3v) is 5.87. The summed E-state index contributed by atoms with van der Waals surface area (Å²) in [5, 5.41) is 3.79. The summed E-state index contributed by atoms with van der Waals surface area (Å²) in [6.45, 7) is 4.23. The highest BCUT2D eigenvalue weighted by atomic mass is 35.5. The van der Waals surface area contributed by atoms with E-state index in [1.165, 1.54) is 12.8 Å². The zero-order valence-corrected chi connectivity index (χ0v) is 16.4. The van der Waals surface area contributed by atoms with Crippen LogP contribution >= 0.6 is 22.9 Å². The number of rotatable bonds is 6. The molecule has 1 aliphatic rings. The highest BCUT2D eigenvalue weighted by Gasteiger charge is 2.28. The van der Waals surface area contributed by atoms with Gasteiger partial charge in [-0.2, -0.15) is 0 Å². The molecule has 0 bridgehead atoms. The van der Waals surface area contributed by atoms with Crippen molar-refractivity contribution >= 4 is 28.8 Å². The fraction of sp³-hybridized carbons (Fsp3) is 0.500. The van der Waals surface area contributed by atoms with Crippen LogP contribution in [0.15, 0.2) is 29.6 Å². The maximum atomic E-state index is 12.8. The van der Waals surface area contributed by atoms with Crippen LogP contribution in [0.5, 0.6) is 0 Å². The van der Waals surface area contributed by atoms with Gasteiger partial charge in [0.25, 0.3) is 0 Å². The van der Waals surface area contributed by atoms with Crippen molar-refractivity contribution in [2.75, 3.05) is 0 Å². The predicted molar refractivity (Wildman–Crippen MR) is 104 cm³/mol. The molecular formula is C20H25ClN2OS. The Labute approximate surface area is 159 Å². The van der Waals surface area contributed by atoms with Crippen LogP contribution in [0.4, 0.5) is 0 Å². The molecule has 0 spiro atoms. The quantitative estimate of drug-likeness (QED) is 0.701. The third-order valence-electron chi connectivity index (χ3n) is 4.74. The lowest BCUT2D eigenvalue weighted by molar-refractivity contribution is -0.134. The van der Waals surface area contributed by atoms with Crippen LogP contribution < -0.4 is 0 Å². The number of thiazole rings is 1. The summed E-state index contributed by atoms with van der Waals surface area (Å²) >= 11 is 7.66. The molecular weight excluding hydrogens is 352 g/mol. The molecule has 1 aliphatic carbocycles. The minimum Gasteiger partial charge on any atom is -0.337 e. The van der Waals surface area contributed by atoms with Crippen molar-refractivity contribution in [2.45, 2.75) is 64.5 Å². The minimum atomic E-state index is 0.210. The lowest BCUT2D eigenvalue weighted by atomic mass is 10.1. The number of halogens is 1. The topological polar surface area (TPSA) is 33.2 Å². The first-order chi connectivity index (χ1) is 12.0. The zero-order chi connectivity index (χ0) is 17.8. The summed E-state index contributed by atoms with van der Waals surface area (Å²) in [5.41, 5.74) is 2.03. The van der Waals surface area contributed by atoms with Gasteiger partial charge in [0.05, 0.1) is 17.1 Å². The number of hydrogen-bond donors (Lipinski definition) is 0.